The van der Waals surface area contributed by atoms with Gasteiger partial charge in [-0.15, -0.1) is 0 Å². The molecule has 2 aromatic rings. The fourth-order valence-corrected chi connectivity index (χ4v) is 3.24. The van der Waals surface area contributed by atoms with Crippen molar-refractivity contribution >= 4 is 18.8 Å². The van der Waals surface area contributed by atoms with Gasteiger partial charge in [0.2, 0.25) is 0 Å². The molecule has 8 heteroatoms. The molecule has 1 aromatic carbocycles. The number of hydrogen-bond acceptors (Lipinski definition) is 0. The van der Waals surface area contributed by atoms with Crippen LogP contribution >= 0.6 is 0 Å². The lowest BCUT2D eigenvalue weighted by molar-refractivity contribution is -0.356. The van der Waals surface area contributed by atoms with Crippen LogP contribution in [-0.2, 0) is 6.18 Å². The molecule has 2 aliphatic heterocycles. The maximum absolute atomic E-state index is 14.6. The van der Waals surface area contributed by atoms with Crippen LogP contribution in [0, 0.1) is 0 Å². The molecule has 4 rings (SSSR count). The Morgan fingerprint density at radius 3 is 2.50 bits per heavy atom. The first-order valence-electron chi connectivity index (χ1n) is 7.22. The molecule has 0 N–H and O–H groups in total. The third-order valence-corrected chi connectivity index (χ3v) is 4.24. The number of benzene rings is 1. The van der Waals surface area contributed by atoms with E-state index in [4.69, 9.17) is 0 Å². The topological polar surface area (TPSA) is 7.94 Å². The first-order chi connectivity index (χ1) is 11.3. The molecule has 0 amide bonds. The molecular weight excluding hydrogens is 326 g/mol. The van der Waals surface area contributed by atoms with Crippen LogP contribution in [0.3, 0.4) is 0 Å². The minimum atomic E-state index is -4.58. The zero-order valence-corrected chi connectivity index (χ0v) is 12.1. The molecule has 3 heterocycles. The maximum Gasteiger partial charge on any atom is 0.737 e. The van der Waals surface area contributed by atoms with Gasteiger partial charge in [-0.1, -0.05) is 18.2 Å². The molecule has 122 valence electrons. The normalized spacial score (nSPS) is 18.5. The molecule has 0 spiro atoms. The molecule has 0 aliphatic carbocycles. The summed E-state index contributed by atoms with van der Waals surface area (Å²) in [6, 6.07) is 7.84. The smallest absolute Gasteiger partial charge is 0.396 e. The predicted octanol–water partition coefficient (Wildman–Crippen LogP) is 4.16. The second kappa shape index (κ2) is 4.69. The van der Waals surface area contributed by atoms with Crippen molar-refractivity contribution < 1.29 is 26.3 Å². The molecule has 0 saturated carbocycles. The third-order valence-electron chi connectivity index (χ3n) is 4.24. The molecule has 2 aliphatic rings. The van der Waals surface area contributed by atoms with Crippen LogP contribution in [0.15, 0.2) is 60.4 Å². The first-order valence-corrected chi connectivity index (χ1v) is 7.22. The number of halogens is 5. The summed E-state index contributed by atoms with van der Waals surface area (Å²) in [4.78, 5) is 0. The number of rotatable bonds is 1. The number of hydrogen-bond donors (Lipinski definition) is 0. The minimum Gasteiger partial charge on any atom is -0.396 e. The summed E-state index contributed by atoms with van der Waals surface area (Å²) < 4.78 is 70.9. The van der Waals surface area contributed by atoms with Crippen molar-refractivity contribution in [3.05, 3.63) is 77.3 Å². The molecule has 0 atom stereocenters. The molecule has 0 bridgehead atoms. The van der Waals surface area contributed by atoms with Gasteiger partial charge in [-0.25, -0.2) is 0 Å². The van der Waals surface area contributed by atoms with Crippen molar-refractivity contribution in [2.75, 3.05) is 0 Å². The Labute approximate surface area is 133 Å². The molecule has 1 aromatic heterocycles. The van der Waals surface area contributed by atoms with Crippen LogP contribution in [0.25, 0.3) is 5.57 Å². The maximum atomic E-state index is 14.6. The van der Waals surface area contributed by atoms with E-state index >= 15 is 0 Å². The van der Waals surface area contributed by atoms with Crippen LogP contribution in [-0.4, -0.2) is 22.1 Å². The summed E-state index contributed by atoms with van der Waals surface area (Å²) in [7, 11) is 0. The van der Waals surface area contributed by atoms with Gasteiger partial charge >= 0.3 is 13.1 Å². The van der Waals surface area contributed by atoms with E-state index in [0.717, 1.165) is 15.0 Å². The van der Waals surface area contributed by atoms with E-state index in [-0.39, 0.29) is 22.5 Å². The summed E-state index contributed by atoms with van der Waals surface area (Å²) in [5, 5.41) is 0. The summed E-state index contributed by atoms with van der Waals surface area (Å²) >= 11 is 0. The third kappa shape index (κ3) is 1.92. The summed E-state index contributed by atoms with van der Waals surface area (Å²) in [5.41, 5.74) is -0.675. The van der Waals surface area contributed by atoms with Crippen molar-refractivity contribution in [3.63, 3.8) is 0 Å². The highest BCUT2D eigenvalue weighted by Gasteiger charge is 2.52. The largest absolute Gasteiger partial charge is 0.737 e. The fourth-order valence-electron chi connectivity index (χ4n) is 3.24. The fraction of sp³-hybridized carbons (Fsp3) is 0.0625. The molecule has 0 radical (unpaired) electrons. The van der Waals surface area contributed by atoms with Gasteiger partial charge in [0, 0.05) is 23.4 Å². The van der Waals surface area contributed by atoms with Crippen molar-refractivity contribution in [3.8, 4) is 0 Å². The van der Waals surface area contributed by atoms with E-state index < -0.39 is 18.7 Å². The average Bonchev–Trinajstić information content (AvgIpc) is 3.16. The highest BCUT2D eigenvalue weighted by Crippen LogP contribution is 2.42. The Kier molecular flexibility index (Phi) is 2.91. The van der Waals surface area contributed by atoms with E-state index in [1.807, 2.05) is 0 Å². The van der Waals surface area contributed by atoms with E-state index in [1.54, 1.807) is 0 Å². The average molecular weight is 336 g/mol. The molecule has 0 unspecified atom stereocenters. The minimum absolute atomic E-state index is 0.0721. The zero-order valence-electron chi connectivity index (χ0n) is 12.1. The quantitative estimate of drug-likeness (QED) is 0.546. The highest BCUT2D eigenvalue weighted by molar-refractivity contribution is 6.57. The lowest BCUT2D eigenvalue weighted by atomic mass is 9.85. The van der Waals surface area contributed by atoms with Crippen LogP contribution in [0.1, 0.15) is 16.8 Å². The second-order valence-corrected chi connectivity index (χ2v) is 5.61. The van der Waals surface area contributed by atoms with E-state index in [0.29, 0.717) is 0 Å². The summed E-state index contributed by atoms with van der Waals surface area (Å²) in [5.74, 6) is 0. The Morgan fingerprint density at radius 1 is 1.00 bits per heavy atom. The van der Waals surface area contributed by atoms with Gasteiger partial charge in [-0.3, -0.25) is 0 Å². The number of aromatic nitrogens is 1. The van der Waals surface area contributed by atoms with Gasteiger partial charge < -0.3 is 17.6 Å². The molecular formula is C16H10BF5N2. The molecule has 0 saturated heterocycles. The molecule has 2 nitrogen and oxygen atoms in total. The lowest BCUT2D eigenvalue weighted by Crippen LogP contribution is -2.49. The monoisotopic (exact) mass is 336 g/mol. The first kappa shape index (κ1) is 14.9. The van der Waals surface area contributed by atoms with E-state index in [9.17, 15) is 21.8 Å². The van der Waals surface area contributed by atoms with Crippen molar-refractivity contribution in [1.82, 2.24) is 4.48 Å². The number of nitrogens with zero attached hydrogens (tertiary/aromatic N) is 2. The van der Waals surface area contributed by atoms with Gasteiger partial charge in [0.15, 0.2) is 5.70 Å². The highest BCUT2D eigenvalue weighted by atomic mass is 19.4. The SMILES string of the molecule is F[B-]1(F)n2cccc2C(c2ccccc2C(F)(F)F)=C2C=CC=[N+]21. The number of allylic oxidation sites excluding steroid dienone is 2. The summed E-state index contributed by atoms with van der Waals surface area (Å²) in [6.07, 6.45) is 0.620. The van der Waals surface area contributed by atoms with Gasteiger partial charge in [0.05, 0.1) is 11.1 Å². The van der Waals surface area contributed by atoms with E-state index in [1.165, 1.54) is 54.9 Å². The Hall–Kier alpha value is -2.64. The van der Waals surface area contributed by atoms with Crippen molar-refractivity contribution in [2.45, 2.75) is 6.18 Å². The van der Waals surface area contributed by atoms with Crippen molar-refractivity contribution in [2.24, 2.45) is 0 Å². The van der Waals surface area contributed by atoms with Gasteiger partial charge in [0.25, 0.3) is 0 Å². The van der Waals surface area contributed by atoms with Crippen LogP contribution in [0.5, 0.6) is 0 Å². The van der Waals surface area contributed by atoms with Gasteiger partial charge in [-0.05, 0) is 24.4 Å². The van der Waals surface area contributed by atoms with Gasteiger partial charge in [0.1, 0.15) is 6.21 Å². The predicted molar refractivity (Wildman–Crippen MR) is 80.7 cm³/mol. The van der Waals surface area contributed by atoms with Crippen molar-refractivity contribution in [1.29, 1.82) is 0 Å². The Bertz CT molecular complexity index is 934. The standard InChI is InChI=1S/C16H10BF5N2/c18-16(19,20)12-6-2-1-5-11(12)15-13-7-3-9-23(13)17(21,22)24-10-4-8-14(15)24/h1-10H. The number of fused-ring (bicyclic) bond motifs is 2. The lowest BCUT2D eigenvalue weighted by Gasteiger charge is -2.31. The Morgan fingerprint density at radius 2 is 1.75 bits per heavy atom. The van der Waals surface area contributed by atoms with Crippen LogP contribution < -0.4 is 0 Å². The van der Waals surface area contributed by atoms with Crippen LogP contribution in [0.2, 0.25) is 0 Å². The number of alkyl halides is 3. The van der Waals surface area contributed by atoms with Gasteiger partial charge in [-0.2, -0.15) is 13.2 Å². The summed E-state index contributed by atoms with van der Waals surface area (Å²) in [6.45, 7) is -4.12. The molecule has 24 heavy (non-hydrogen) atoms. The zero-order chi connectivity index (χ0) is 17.1. The molecule has 0 fully saturated rings. The Balaban J connectivity index is 2.07. The van der Waals surface area contributed by atoms with Crippen LogP contribution in [0.4, 0.5) is 21.8 Å². The second-order valence-electron chi connectivity index (χ2n) is 5.61. The van der Waals surface area contributed by atoms with E-state index in [2.05, 4.69) is 0 Å².